The number of hydrogen-bond donors (Lipinski definition) is 0. The van der Waals surface area contributed by atoms with Crippen molar-refractivity contribution >= 4 is 27.1 Å². The molecular formula is C22H21N3O5S2. The van der Waals surface area contributed by atoms with Gasteiger partial charge in [-0.25, -0.2) is 17.7 Å². The Hall–Kier alpha value is -3.26. The molecule has 3 aromatic rings. The van der Waals surface area contributed by atoms with E-state index < -0.39 is 21.7 Å². The van der Waals surface area contributed by atoms with Gasteiger partial charge in [0.05, 0.1) is 30.9 Å². The molecule has 0 spiro atoms. The van der Waals surface area contributed by atoms with Crippen LogP contribution in [-0.2, 0) is 10.0 Å². The molecule has 3 rings (SSSR count). The summed E-state index contributed by atoms with van der Waals surface area (Å²) < 4.78 is 36.4. The van der Waals surface area contributed by atoms with Crippen LogP contribution in [0.15, 0.2) is 52.7 Å². The van der Waals surface area contributed by atoms with E-state index in [1.807, 2.05) is 6.07 Å². The van der Waals surface area contributed by atoms with Crippen LogP contribution in [0.3, 0.4) is 0 Å². The van der Waals surface area contributed by atoms with Crippen molar-refractivity contribution in [1.29, 1.82) is 5.26 Å². The minimum Gasteiger partial charge on any atom is -0.493 e. The van der Waals surface area contributed by atoms with Crippen LogP contribution in [0.5, 0.6) is 11.5 Å². The zero-order chi connectivity index (χ0) is 23.5. The Morgan fingerprint density at radius 1 is 1.12 bits per heavy atom. The Morgan fingerprint density at radius 3 is 2.47 bits per heavy atom. The molecule has 0 radical (unpaired) electrons. The minimum atomic E-state index is -3.71. The SMILES string of the molecule is COc1ccc(-c2csc(C(C#N)C(=O)c3cccc(S(=O)(=O)N(C)C)c3)n2)cc1OC. The summed E-state index contributed by atoms with van der Waals surface area (Å²) in [6.07, 6.45) is 0. The maximum atomic E-state index is 13.1. The molecule has 0 bridgehead atoms. The summed E-state index contributed by atoms with van der Waals surface area (Å²) in [7, 11) is 2.18. The lowest BCUT2D eigenvalue weighted by molar-refractivity contribution is 0.0978. The van der Waals surface area contributed by atoms with E-state index >= 15 is 0 Å². The van der Waals surface area contributed by atoms with Gasteiger partial charge in [-0.1, -0.05) is 12.1 Å². The van der Waals surface area contributed by atoms with E-state index in [9.17, 15) is 18.5 Å². The molecule has 0 saturated heterocycles. The number of sulfonamides is 1. The molecule has 0 fully saturated rings. The van der Waals surface area contributed by atoms with Crippen LogP contribution in [0.4, 0.5) is 0 Å². The predicted molar refractivity (Wildman–Crippen MR) is 121 cm³/mol. The molecule has 1 aromatic heterocycles. The smallest absolute Gasteiger partial charge is 0.242 e. The molecular weight excluding hydrogens is 450 g/mol. The fourth-order valence-corrected chi connectivity index (χ4v) is 4.78. The summed E-state index contributed by atoms with van der Waals surface area (Å²) in [6, 6.07) is 13.0. The van der Waals surface area contributed by atoms with E-state index in [-0.39, 0.29) is 10.5 Å². The fraction of sp³-hybridized carbons (Fsp3) is 0.227. The zero-order valence-electron chi connectivity index (χ0n) is 17.9. The Balaban J connectivity index is 1.93. The Morgan fingerprint density at radius 2 is 1.84 bits per heavy atom. The van der Waals surface area contributed by atoms with Crippen molar-refractivity contribution in [1.82, 2.24) is 9.29 Å². The van der Waals surface area contributed by atoms with Gasteiger partial charge in [0.2, 0.25) is 10.0 Å². The monoisotopic (exact) mass is 471 g/mol. The zero-order valence-corrected chi connectivity index (χ0v) is 19.5. The standard InChI is InChI=1S/C22H21N3O5S2/c1-25(2)32(27,28)16-7-5-6-15(10-16)21(26)17(12-23)22-24-18(13-31-22)14-8-9-19(29-3)20(11-14)30-4/h5-11,13,17H,1-4H3. The first kappa shape index (κ1) is 23.4. The average Bonchev–Trinajstić information content (AvgIpc) is 3.28. The molecule has 8 nitrogen and oxygen atoms in total. The number of carbonyl (C=O) groups excluding carboxylic acids is 1. The normalized spacial score (nSPS) is 12.2. The van der Waals surface area contributed by atoms with E-state index in [0.717, 1.165) is 9.87 Å². The highest BCUT2D eigenvalue weighted by molar-refractivity contribution is 7.89. The minimum absolute atomic E-state index is 0.0183. The third kappa shape index (κ3) is 4.50. The lowest BCUT2D eigenvalue weighted by atomic mass is 9.99. The molecule has 0 aliphatic heterocycles. The number of hydrogen-bond acceptors (Lipinski definition) is 8. The summed E-state index contributed by atoms with van der Waals surface area (Å²) in [4.78, 5) is 17.5. The highest BCUT2D eigenvalue weighted by atomic mass is 32.2. The lowest BCUT2D eigenvalue weighted by Crippen LogP contribution is -2.22. The third-order valence-corrected chi connectivity index (χ3v) is 7.46. The Labute approximate surface area is 190 Å². The van der Waals surface area contributed by atoms with Crippen LogP contribution in [0, 0.1) is 11.3 Å². The van der Waals surface area contributed by atoms with Gasteiger partial charge in [0, 0.05) is 30.6 Å². The molecule has 1 heterocycles. The molecule has 0 N–H and O–H groups in total. The van der Waals surface area contributed by atoms with Crippen molar-refractivity contribution in [3.63, 3.8) is 0 Å². The molecule has 10 heteroatoms. The van der Waals surface area contributed by atoms with Gasteiger partial charge in [-0.15, -0.1) is 11.3 Å². The second kappa shape index (κ2) is 9.48. The van der Waals surface area contributed by atoms with Crippen LogP contribution in [0.2, 0.25) is 0 Å². The molecule has 0 saturated carbocycles. The third-order valence-electron chi connectivity index (χ3n) is 4.74. The lowest BCUT2D eigenvalue weighted by Gasteiger charge is -2.12. The highest BCUT2D eigenvalue weighted by Gasteiger charge is 2.27. The van der Waals surface area contributed by atoms with Crippen molar-refractivity contribution in [3.05, 3.63) is 58.4 Å². The molecule has 0 amide bonds. The van der Waals surface area contributed by atoms with Crippen LogP contribution < -0.4 is 9.47 Å². The van der Waals surface area contributed by atoms with Crippen LogP contribution in [0.25, 0.3) is 11.3 Å². The van der Waals surface area contributed by atoms with Crippen molar-refractivity contribution in [2.45, 2.75) is 10.8 Å². The van der Waals surface area contributed by atoms with Gasteiger partial charge >= 0.3 is 0 Å². The molecule has 166 valence electrons. The van der Waals surface area contributed by atoms with Crippen molar-refractivity contribution < 1.29 is 22.7 Å². The first-order valence-electron chi connectivity index (χ1n) is 9.37. The maximum absolute atomic E-state index is 13.1. The first-order valence-corrected chi connectivity index (χ1v) is 11.7. The maximum Gasteiger partial charge on any atom is 0.242 e. The van der Waals surface area contributed by atoms with E-state index in [2.05, 4.69) is 4.98 Å². The largest absolute Gasteiger partial charge is 0.493 e. The van der Waals surface area contributed by atoms with Crippen molar-refractivity contribution in [3.8, 4) is 28.8 Å². The van der Waals surface area contributed by atoms with E-state index in [4.69, 9.17) is 9.47 Å². The highest BCUT2D eigenvalue weighted by Crippen LogP contribution is 2.34. The number of Topliss-reactive ketones (excluding diaryl/α,β-unsaturated/α-hetero) is 1. The number of aromatic nitrogens is 1. The van der Waals surface area contributed by atoms with Gasteiger partial charge in [-0.2, -0.15) is 5.26 Å². The van der Waals surface area contributed by atoms with Crippen LogP contribution in [-0.4, -0.2) is 51.8 Å². The number of nitriles is 1. The number of rotatable bonds is 8. The van der Waals surface area contributed by atoms with Crippen LogP contribution in [0.1, 0.15) is 21.3 Å². The molecule has 2 aromatic carbocycles. The number of benzene rings is 2. The molecule has 0 aliphatic carbocycles. The van der Waals surface area contributed by atoms with Gasteiger partial charge in [-0.05, 0) is 30.3 Å². The first-order chi connectivity index (χ1) is 15.2. The summed E-state index contributed by atoms with van der Waals surface area (Å²) >= 11 is 1.19. The van der Waals surface area contributed by atoms with E-state index in [0.29, 0.717) is 22.2 Å². The topological polar surface area (TPSA) is 110 Å². The molecule has 0 aliphatic rings. The molecule has 1 atom stereocenters. The number of nitrogens with zero attached hydrogens (tertiary/aromatic N) is 3. The van der Waals surface area contributed by atoms with Gasteiger partial charge < -0.3 is 9.47 Å². The number of ether oxygens (including phenoxy) is 2. The molecule has 1 unspecified atom stereocenters. The van der Waals surface area contributed by atoms with Crippen LogP contribution >= 0.6 is 11.3 Å². The second-order valence-corrected chi connectivity index (χ2v) is 9.92. The molecule has 32 heavy (non-hydrogen) atoms. The Kier molecular flexibility index (Phi) is 6.93. The van der Waals surface area contributed by atoms with E-state index in [1.165, 1.54) is 56.8 Å². The van der Waals surface area contributed by atoms with Crippen molar-refractivity contribution in [2.24, 2.45) is 0 Å². The summed E-state index contributed by atoms with van der Waals surface area (Å²) in [5.74, 6) is -0.571. The van der Waals surface area contributed by atoms with Gasteiger partial charge in [0.1, 0.15) is 5.01 Å². The summed E-state index contributed by atoms with van der Waals surface area (Å²) in [6.45, 7) is 0. The number of ketones is 1. The average molecular weight is 472 g/mol. The van der Waals surface area contributed by atoms with Gasteiger partial charge in [0.25, 0.3) is 0 Å². The number of thiazole rings is 1. The van der Waals surface area contributed by atoms with Crippen molar-refractivity contribution in [2.75, 3.05) is 28.3 Å². The number of methoxy groups -OCH3 is 2. The second-order valence-electron chi connectivity index (χ2n) is 6.88. The predicted octanol–water partition coefficient (Wildman–Crippen LogP) is 3.57. The summed E-state index contributed by atoms with van der Waals surface area (Å²) in [5.41, 5.74) is 1.46. The number of carbonyl (C=O) groups is 1. The quantitative estimate of drug-likeness (QED) is 0.462. The van der Waals surface area contributed by atoms with Gasteiger partial charge in [0.15, 0.2) is 23.2 Å². The van der Waals surface area contributed by atoms with E-state index in [1.54, 1.807) is 30.7 Å². The summed E-state index contributed by atoms with van der Waals surface area (Å²) in [5, 5.41) is 11.8. The fourth-order valence-electron chi connectivity index (χ4n) is 2.96. The van der Waals surface area contributed by atoms with Gasteiger partial charge in [-0.3, -0.25) is 4.79 Å². The Bertz CT molecular complexity index is 1290.